The molecule has 2 rings (SSSR count). The third-order valence-electron chi connectivity index (χ3n) is 2.20. The van der Waals surface area contributed by atoms with E-state index in [0.717, 1.165) is 12.1 Å². The lowest BCUT2D eigenvalue weighted by Gasteiger charge is -2.11. The normalized spacial score (nSPS) is 12.4. The van der Waals surface area contributed by atoms with E-state index in [1.54, 1.807) is 11.3 Å². The summed E-state index contributed by atoms with van der Waals surface area (Å²) in [7, 11) is 0. The SMILES string of the molecule is CC(NC(=O)c1csc(I)c1)c1ccc(Cl)s1. The quantitative estimate of drug-likeness (QED) is 0.756. The average molecular weight is 398 g/mol. The second-order valence-electron chi connectivity index (χ2n) is 3.48. The second kappa shape index (κ2) is 5.69. The Morgan fingerprint density at radius 2 is 2.29 bits per heavy atom. The summed E-state index contributed by atoms with van der Waals surface area (Å²) in [5.41, 5.74) is 0.717. The molecular weight excluding hydrogens is 389 g/mol. The minimum absolute atomic E-state index is 0.0161. The van der Waals surface area contributed by atoms with E-state index in [-0.39, 0.29) is 11.9 Å². The molecule has 0 fully saturated rings. The molecule has 0 bridgehead atoms. The summed E-state index contributed by atoms with van der Waals surface area (Å²) in [6, 6.07) is 5.65. The van der Waals surface area contributed by atoms with Crippen molar-refractivity contribution in [3.05, 3.63) is 41.2 Å². The highest BCUT2D eigenvalue weighted by Crippen LogP contribution is 2.27. The monoisotopic (exact) mass is 397 g/mol. The largest absolute Gasteiger partial charge is 0.345 e. The molecule has 0 radical (unpaired) electrons. The fraction of sp³-hybridized carbons (Fsp3) is 0.182. The van der Waals surface area contributed by atoms with Crippen LogP contribution in [0.3, 0.4) is 0 Å². The van der Waals surface area contributed by atoms with Crippen molar-refractivity contribution in [2.24, 2.45) is 0 Å². The molecule has 0 aliphatic rings. The number of carbonyl (C=O) groups excluding carboxylic acids is 1. The van der Waals surface area contributed by atoms with Gasteiger partial charge in [0.2, 0.25) is 0 Å². The van der Waals surface area contributed by atoms with Crippen LogP contribution in [0.15, 0.2) is 23.6 Å². The zero-order valence-corrected chi connectivity index (χ0v) is 13.4. The van der Waals surface area contributed by atoms with Crippen LogP contribution in [0.2, 0.25) is 4.34 Å². The maximum atomic E-state index is 11.9. The number of rotatable bonds is 3. The zero-order chi connectivity index (χ0) is 12.4. The molecule has 0 aromatic carbocycles. The summed E-state index contributed by atoms with van der Waals surface area (Å²) in [5.74, 6) is -0.0406. The van der Waals surface area contributed by atoms with Crippen molar-refractivity contribution in [3.8, 4) is 0 Å². The summed E-state index contributed by atoms with van der Waals surface area (Å²) in [5, 5.41) is 4.82. The van der Waals surface area contributed by atoms with E-state index in [2.05, 4.69) is 27.9 Å². The highest BCUT2D eigenvalue weighted by Gasteiger charge is 2.14. The van der Waals surface area contributed by atoms with E-state index in [4.69, 9.17) is 11.6 Å². The first kappa shape index (κ1) is 13.3. The Bertz CT molecular complexity index is 537. The van der Waals surface area contributed by atoms with Crippen LogP contribution in [0.5, 0.6) is 0 Å². The minimum atomic E-state index is -0.0406. The van der Waals surface area contributed by atoms with Crippen molar-refractivity contribution in [1.82, 2.24) is 5.32 Å². The predicted octanol–water partition coefficient (Wildman–Crippen LogP) is 4.56. The van der Waals surface area contributed by atoms with Crippen molar-refractivity contribution in [2.45, 2.75) is 13.0 Å². The molecule has 1 atom stereocenters. The van der Waals surface area contributed by atoms with Crippen LogP contribution in [0.25, 0.3) is 0 Å². The molecule has 17 heavy (non-hydrogen) atoms. The zero-order valence-electron chi connectivity index (χ0n) is 8.87. The van der Waals surface area contributed by atoms with E-state index >= 15 is 0 Å². The highest BCUT2D eigenvalue weighted by molar-refractivity contribution is 14.1. The van der Waals surface area contributed by atoms with E-state index < -0.39 is 0 Å². The van der Waals surface area contributed by atoms with Gasteiger partial charge >= 0.3 is 0 Å². The Labute approximate surface area is 126 Å². The van der Waals surface area contributed by atoms with E-state index in [0.29, 0.717) is 5.56 Å². The first-order chi connectivity index (χ1) is 8.06. The van der Waals surface area contributed by atoms with Crippen LogP contribution in [0.1, 0.15) is 28.2 Å². The van der Waals surface area contributed by atoms with Gasteiger partial charge in [-0.05, 0) is 47.7 Å². The first-order valence-electron chi connectivity index (χ1n) is 4.86. The maximum Gasteiger partial charge on any atom is 0.252 e. The lowest BCUT2D eigenvalue weighted by Crippen LogP contribution is -2.25. The van der Waals surface area contributed by atoms with Crippen LogP contribution in [-0.4, -0.2) is 5.91 Å². The summed E-state index contributed by atoms with van der Waals surface area (Å²) in [4.78, 5) is 13.0. The molecule has 6 heteroatoms. The lowest BCUT2D eigenvalue weighted by molar-refractivity contribution is 0.0941. The summed E-state index contributed by atoms with van der Waals surface area (Å²) in [6.07, 6.45) is 0. The van der Waals surface area contributed by atoms with Crippen LogP contribution >= 0.6 is 56.9 Å². The van der Waals surface area contributed by atoms with Crippen LogP contribution < -0.4 is 5.32 Å². The van der Waals surface area contributed by atoms with Gasteiger partial charge in [0.15, 0.2) is 0 Å². The number of hydrogen-bond acceptors (Lipinski definition) is 3. The fourth-order valence-corrected chi connectivity index (χ4v) is 3.73. The van der Waals surface area contributed by atoms with Gasteiger partial charge in [-0.15, -0.1) is 22.7 Å². The molecule has 1 N–H and O–H groups in total. The number of carbonyl (C=O) groups is 1. The van der Waals surface area contributed by atoms with E-state index in [1.807, 2.05) is 30.5 Å². The van der Waals surface area contributed by atoms with E-state index in [9.17, 15) is 4.79 Å². The molecule has 0 saturated heterocycles. The Hall–Kier alpha value is -0.110. The summed E-state index contributed by atoms with van der Waals surface area (Å²) in [6.45, 7) is 1.96. The van der Waals surface area contributed by atoms with Crippen molar-refractivity contribution in [3.63, 3.8) is 0 Å². The number of amides is 1. The van der Waals surface area contributed by atoms with Crippen LogP contribution in [0, 0.1) is 2.88 Å². The number of nitrogens with one attached hydrogen (secondary N) is 1. The number of halogens is 2. The fourth-order valence-electron chi connectivity index (χ4n) is 1.34. The lowest BCUT2D eigenvalue weighted by atomic mass is 10.2. The van der Waals surface area contributed by atoms with Crippen molar-refractivity contribution in [2.75, 3.05) is 0 Å². The van der Waals surface area contributed by atoms with Crippen molar-refractivity contribution >= 4 is 62.8 Å². The Balaban J connectivity index is 2.04. The molecular formula is C11H9ClINOS2. The highest BCUT2D eigenvalue weighted by atomic mass is 127. The molecule has 0 saturated carbocycles. The molecule has 2 nitrogen and oxygen atoms in total. The average Bonchev–Trinajstić information content (AvgIpc) is 2.87. The molecule has 2 aromatic rings. The maximum absolute atomic E-state index is 11.9. The Morgan fingerprint density at radius 1 is 1.53 bits per heavy atom. The molecule has 1 unspecified atom stereocenters. The van der Waals surface area contributed by atoms with Crippen LogP contribution in [0.4, 0.5) is 0 Å². The van der Waals surface area contributed by atoms with Gasteiger partial charge in [0, 0.05) is 10.3 Å². The third-order valence-corrected chi connectivity index (χ3v) is 5.40. The molecule has 90 valence electrons. The van der Waals surface area contributed by atoms with Gasteiger partial charge in [0.05, 0.1) is 18.8 Å². The summed E-state index contributed by atoms with van der Waals surface area (Å²) < 4.78 is 1.85. The van der Waals surface area contributed by atoms with Gasteiger partial charge in [0.1, 0.15) is 0 Å². The first-order valence-corrected chi connectivity index (χ1v) is 8.01. The minimum Gasteiger partial charge on any atom is -0.345 e. The van der Waals surface area contributed by atoms with Crippen molar-refractivity contribution in [1.29, 1.82) is 0 Å². The topological polar surface area (TPSA) is 29.1 Å². The Kier molecular flexibility index (Phi) is 4.46. The van der Waals surface area contributed by atoms with Gasteiger partial charge in [-0.3, -0.25) is 4.79 Å². The molecule has 0 aliphatic heterocycles. The third kappa shape index (κ3) is 3.43. The van der Waals surface area contributed by atoms with Gasteiger partial charge < -0.3 is 5.32 Å². The standard InChI is InChI=1S/C11H9ClINOS2/c1-6(8-2-3-9(12)17-8)14-11(15)7-4-10(13)16-5-7/h2-6H,1H3,(H,14,15). The molecule has 0 spiro atoms. The van der Waals surface area contributed by atoms with Crippen molar-refractivity contribution < 1.29 is 4.79 Å². The Morgan fingerprint density at radius 3 is 2.82 bits per heavy atom. The molecule has 1 amide bonds. The number of hydrogen-bond donors (Lipinski definition) is 1. The van der Waals surface area contributed by atoms with Gasteiger partial charge in [-0.1, -0.05) is 11.6 Å². The van der Waals surface area contributed by atoms with Gasteiger partial charge in [0.25, 0.3) is 5.91 Å². The smallest absolute Gasteiger partial charge is 0.252 e. The molecule has 2 aromatic heterocycles. The second-order valence-corrected chi connectivity index (χ2v) is 8.03. The van der Waals surface area contributed by atoms with E-state index in [1.165, 1.54) is 11.3 Å². The van der Waals surface area contributed by atoms with Crippen LogP contribution in [-0.2, 0) is 0 Å². The summed E-state index contributed by atoms with van der Waals surface area (Å²) >= 11 is 11.1. The molecule has 2 heterocycles. The number of thiophene rings is 2. The molecule has 0 aliphatic carbocycles. The van der Waals surface area contributed by atoms with Gasteiger partial charge in [-0.2, -0.15) is 0 Å². The van der Waals surface area contributed by atoms with Gasteiger partial charge in [-0.25, -0.2) is 0 Å². The predicted molar refractivity (Wildman–Crippen MR) is 82.2 cm³/mol.